The summed E-state index contributed by atoms with van der Waals surface area (Å²) in [5.74, 6) is 0.535. The van der Waals surface area contributed by atoms with Crippen LogP contribution in [-0.2, 0) is 11.8 Å². The van der Waals surface area contributed by atoms with Crippen molar-refractivity contribution in [3.63, 3.8) is 0 Å². The topological polar surface area (TPSA) is 83.6 Å². The number of nitrogens with zero attached hydrogens (tertiary/aromatic N) is 4. The Morgan fingerprint density at radius 2 is 2.44 bits per heavy atom. The highest BCUT2D eigenvalue weighted by atomic mass is 16.2. The van der Waals surface area contributed by atoms with E-state index < -0.39 is 5.41 Å². The lowest BCUT2D eigenvalue weighted by molar-refractivity contribution is -0.128. The molecule has 0 spiro atoms. The minimum Gasteiger partial charge on any atom is -0.293 e. The van der Waals surface area contributed by atoms with E-state index in [4.69, 9.17) is 5.26 Å². The van der Waals surface area contributed by atoms with Gasteiger partial charge in [-0.15, -0.1) is 0 Å². The van der Waals surface area contributed by atoms with Crippen LogP contribution in [0.5, 0.6) is 0 Å². The van der Waals surface area contributed by atoms with Crippen LogP contribution < -0.4 is 5.32 Å². The second-order valence-electron chi connectivity index (χ2n) is 4.37. The zero-order valence-corrected chi connectivity index (χ0v) is 9.27. The van der Waals surface area contributed by atoms with Gasteiger partial charge in [-0.05, 0) is 18.8 Å². The molecule has 6 heteroatoms. The minimum atomic E-state index is -0.870. The molecule has 0 bridgehead atoms. The van der Waals surface area contributed by atoms with Gasteiger partial charge in [-0.25, -0.2) is 4.68 Å². The number of rotatable bonds is 2. The second kappa shape index (κ2) is 3.59. The monoisotopic (exact) mass is 219 g/mol. The van der Waals surface area contributed by atoms with Crippen molar-refractivity contribution < 1.29 is 4.79 Å². The molecular formula is C10H13N5O. The number of anilines is 1. The first-order valence-electron chi connectivity index (χ1n) is 5.14. The highest BCUT2D eigenvalue weighted by molar-refractivity contribution is 5.96. The molecule has 0 aliphatic heterocycles. The van der Waals surface area contributed by atoms with Crippen LogP contribution in [0, 0.1) is 22.7 Å². The fourth-order valence-corrected chi connectivity index (χ4v) is 2.09. The van der Waals surface area contributed by atoms with Crippen LogP contribution in [0.25, 0.3) is 0 Å². The number of hydrogen-bond acceptors (Lipinski definition) is 4. The molecular weight excluding hydrogens is 206 g/mol. The number of aryl methyl sites for hydroxylation is 1. The van der Waals surface area contributed by atoms with Gasteiger partial charge in [0.1, 0.15) is 11.7 Å². The van der Waals surface area contributed by atoms with Crippen LogP contribution >= 0.6 is 0 Å². The standard InChI is InChI=1S/C10H13N5O/c1-7-3-10(4-7,5-11)8(16)14-9-12-6-13-15(9)2/h6-7H,3-4H2,1-2H3,(H,12,13,14,16). The van der Waals surface area contributed by atoms with Crippen LogP contribution in [-0.4, -0.2) is 20.7 Å². The molecule has 1 heterocycles. The van der Waals surface area contributed by atoms with E-state index in [9.17, 15) is 4.79 Å². The number of hydrogen-bond donors (Lipinski definition) is 1. The van der Waals surface area contributed by atoms with Crippen LogP contribution in [0.3, 0.4) is 0 Å². The lowest BCUT2D eigenvalue weighted by Crippen LogP contribution is -2.45. The van der Waals surface area contributed by atoms with Gasteiger partial charge < -0.3 is 0 Å². The van der Waals surface area contributed by atoms with Crippen molar-refractivity contribution in [3.05, 3.63) is 6.33 Å². The zero-order valence-electron chi connectivity index (χ0n) is 9.27. The molecule has 1 fully saturated rings. The van der Waals surface area contributed by atoms with Crippen molar-refractivity contribution in [2.24, 2.45) is 18.4 Å². The predicted octanol–water partition coefficient (Wildman–Crippen LogP) is 0.693. The SMILES string of the molecule is CC1CC(C#N)(C(=O)Nc2ncnn2C)C1. The molecule has 2 rings (SSSR count). The Morgan fingerprint density at radius 3 is 2.88 bits per heavy atom. The molecule has 0 unspecified atom stereocenters. The van der Waals surface area contributed by atoms with E-state index in [1.165, 1.54) is 11.0 Å². The zero-order chi connectivity index (χ0) is 11.8. The summed E-state index contributed by atoms with van der Waals surface area (Å²) in [5.41, 5.74) is -0.870. The van der Waals surface area contributed by atoms with Gasteiger partial charge in [0.15, 0.2) is 0 Å². The van der Waals surface area contributed by atoms with Crippen LogP contribution in [0.4, 0.5) is 5.95 Å². The molecule has 1 N–H and O–H groups in total. The van der Waals surface area contributed by atoms with Crippen molar-refractivity contribution in [1.29, 1.82) is 5.26 Å². The first-order chi connectivity index (χ1) is 7.57. The minimum absolute atomic E-state index is 0.274. The van der Waals surface area contributed by atoms with Crippen LogP contribution in [0.15, 0.2) is 6.33 Å². The van der Waals surface area contributed by atoms with E-state index in [0.717, 1.165) is 0 Å². The summed E-state index contributed by atoms with van der Waals surface area (Å²) in [6, 6.07) is 2.11. The van der Waals surface area contributed by atoms with E-state index in [1.54, 1.807) is 7.05 Å². The predicted molar refractivity (Wildman–Crippen MR) is 56.1 cm³/mol. The summed E-state index contributed by atoms with van der Waals surface area (Å²) in [5, 5.41) is 15.5. The molecule has 16 heavy (non-hydrogen) atoms. The van der Waals surface area contributed by atoms with Gasteiger partial charge in [-0.3, -0.25) is 10.1 Å². The highest BCUT2D eigenvalue weighted by Gasteiger charge is 2.49. The van der Waals surface area contributed by atoms with Gasteiger partial charge in [0.2, 0.25) is 11.9 Å². The number of amides is 1. The Hall–Kier alpha value is -1.90. The first kappa shape index (κ1) is 10.6. The smallest absolute Gasteiger partial charge is 0.247 e. The van der Waals surface area contributed by atoms with Crippen molar-refractivity contribution >= 4 is 11.9 Å². The van der Waals surface area contributed by atoms with Gasteiger partial charge in [-0.1, -0.05) is 6.92 Å². The van der Waals surface area contributed by atoms with Gasteiger partial charge in [0, 0.05) is 7.05 Å². The Balaban J connectivity index is 2.10. The molecule has 0 atom stereocenters. The average molecular weight is 219 g/mol. The van der Waals surface area contributed by atoms with Crippen LogP contribution in [0.2, 0.25) is 0 Å². The normalized spacial score (nSPS) is 27.9. The molecule has 84 valence electrons. The van der Waals surface area contributed by atoms with Crippen molar-refractivity contribution in [2.75, 3.05) is 5.32 Å². The summed E-state index contributed by atoms with van der Waals surface area (Å²) >= 11 is 0. The molecule has 1 aliphatic carbocycles. The number of carbonyl (C=O) groups is 1. The number of nitriles is 1. The molecule has 0 radical (unpaired) electrons. The van der Waals surface area contributed by atoms with Gasteiger partial charge >= 0.3 is 0 Å². The fraction of sp³-hybridized carbons (Fsp3) is 0.600. The van der Waals surface area contributed by atoms with E-state index >= 15 is 0 Å². The number of aromatic nitrogens is 3. The lowest BCUT2D eigenvalue weighted by Gasteiger charge is -2.38. The number of nitrogens with one attached hydrogen (secondary N) is 1. The molecule has 1 saturated carbocycles. The van der Waals surface area contributed by atoms with E-state index in [-0.39, 0.29) is 5.91 Å². The van der Waals surface area contributed by atoms with Crippen molar-refractivity contribution in [2.45, 2.75) is 19.8 Å². The van der Waals surface area contributed by atoms with Gasteiger partial charge in [0.25, 0.3) is 0 Å². The van der Waals surface area contributed by atoms with Gasteiger partial charge in [-0.2, -0.15) is 15.3 Å². The maximum atomic E-state index is 11.9. The Labute approximate surface area is 93.3 Å². The third-order valence-corrected chi connectivity index (χ3v) is 2.98. The molecule has 6 nitrogen and oxygen atoms in total. The second-order valence-corrected chi connectivity index (χ2v) is 4.37. The highest BCUT2D eigenvalue weighted by Crippen LogP contribution is 2.45. The quantitative estimate of drug-likeness (QED) is 0.793. The molecule has 1 aliphatic rings. The molecule has 0 aromatic carbocycles. The Kier molecular flexibility index (Phi) is 2.38. The number of carbonyl (C=O) groups excluding carboxylic acids is 1. The first-order valence-corrected chi connectivity index (χ1v) is 5.14. The summed E-state index contributed by atoms with van der Waals surface area (Å²) in [7, 11) is 1.69. The summed E-state index contributed by atoms with van der Waals surface area (Å²) in [6.45, 7) is 2.03. The lowest BCUT2D eigenvalue weighted by atomic mass is 9.63. The van der Waals surface area contributed by atoms with E-state index in [0.29, 0.717) is 24.7 Å². The molecule has 1 aromatic rings. The van der Waals surface area contributed by atoms with Crippen molar-refractivity contribution in [3.8, 4) is 6.07 Å². The van der Waals surface area contributed by atoms with E-state index in [1.807, 2.05) is 6.92 Å². The van der Waals surface area contributed by atoms with Crippen molar-refractivity contribution in [1.82, 2.24) is 14.8 Å². The third kappa shape index (κ3) is 1.54. The Morgan fingerprint density at radius 1 is 1.75 bits per heavy atom. The summed E-state index contributed by atoms with van der Waals surface area (Å²) in [4.78, 5) is 15.8. The maximum absolute atomic E-state index is 11.9. The Bertz CT molecular complexity index is 452. The molecule has 1 aromatic heterocycles. The third-order valence-electron chi connectivity index (χ3n) is 2.98. The fourth-order valence-electron chi connectivity index (χ4n) is 2.09. The summed E-state index contributed by atoms with van der Waals surface area (Å²) in [6.07, 6.45) is 2.60. The maximum Gasteiger partial charge on any atom is 0.247 e. The molecule has 0 saturated heterocycles. The average Bonchev–Trinajstić information content (AvgIpc) is 2.59. The van der Waals surface area contributed by atoms with E-state index in [2.05, 4.69) is 21.5 Å². The summed E-state index contributed by atoms with van der Waals surface area (Å²) < 4.78 is 1.46. The largest absolute Gasteiger partial charge is 0.293 e. The van der Waals surface area contributed by atoms with Crippen LogP contribution in [0.1, 0.15) is 19.8 Å². The van der Waals surface area contributed by atoms with Gasteiger partial charge in [0.05, 0.1) is 6.07 Å². The molecule has 1 amide bonds.